The van der Waals surface area contributed by atoms with Crippen molar-refractivity contribution in [3.63, 3.8) is 0 Å². The second-order valence-corrected chi connectivity index (χ2v) is 6.62. The summed E-state index contributed by atoms with van der Waals surface area (Å²) in [6, 6.07) is 0.0393. The number of anilines is 1. The molecule has 0 bridgehead atoms. The number of hydrogen-bond donors (Lipinski definition) is 1. The summed E-state index contributed by atoms with van der Waals surface area (Å²) in [6.45, 7) is 0.907. The summed E-state index contributed by atoms with van der Waals surface area (Å²) in [7, 11) is 1.88. The lowest BCUT2D eigenvalue weighted by Crippen LogP contribution is -2.50. The predicted molar refractivity (Wildman–Crippen MR) is 92.6 cm³/mol. The molecule has 0 radical (unpaired) electrons. The highest BCUT2D eigenvalue weighted by Crippen LogP contribution is 2.36. The Kier molecular flexibility index (Phi) is 4.68. The van der Waals surface area contributed by atoms with Crippen molar-refractivity contribution in [2.24, 2.45) is 0 Å². The second kappa shape index (κ2) is 6.54. The number of rotatable bonds is 1. The van der Waals surface area contributed by atoms with E-state index in [2.05, 4.69) is 14.9 Å². The Balaban J connectivity index is 2.10. The SMILES string of the molecule is CN1C(=S)N2CCCCCCCC2c2c1nc(CCl)[nH]c2=O. The third kappa shape index (κ3) is 2.74. The predicted octanol–water partition coefficient (Wildman–Crippen LogP) is 2.94. The summed E-state index contributed by atoms with van der Waals surface area (Å²) < 4.78 is 0. The maximum absolute atomic E-state index is 12.6. The Bertz CT molecular complexity index is 632. The van der Waals surface area contributed by atoms with Crippen LogP contribution < -0.4 is 10.5 Å². The largest absolute Gasteiger partial charge is 0.341 e. The number of hydrogen-bond acceptors (Lipinski definition) is 3. The first-order valence-corrected chi connectivity index (χ1v) is 8.81. The van der Waals surface area contributed by atoms with Crippen molar-refractivity contribution >= 4 is 34.7 Å². The van der Waals surface area contributed by atoms with Crippen LogP contribution in [0.2, 0.25) is 0 Å². The second-order valence-electron chi connectivity index (χ2n) is 5.99. The molecule has 0 aromatic carbocycles. The summed E-state index contributed by atoms with van der Waals surface area (Å²) in [6.07, 6.45) is 6.88. The lowest BCUT2D eigenvalue weighted by Gasteiger charge is -2.42. The van der Waals surface area contributed by atoms with Gasteiger partial charge in [-0.3, -0.25) is 4.79 Å². The molecule has 120 valence electrons. The molecule has 0 spiro atoms. The molecule has 1 saturated heterocycles. The van der Waals surface area contributed by atoms with E-state index in [1.54, 1.807) is 0 Å². The molecule has 0 aliphatic carbocycles. The molecule has 3 rings (SSSR count). The molecule has 1 atom stereocenters. The van der Waals surface area contributed by atoms with Gasteiger partial charge in [0.2, 0.25) is 0 Å². The van der Waals surface area contributed by atoms with Gasteiger partial charge in [-0.25, -0.2) is 4.98 Å². The van der Waals surface area contributed by atoms with E-state index in [0.717, 1.165) is 36.5 Å². The fourth-order valence-electron chi connectivity index (χ4n) is 3.41. The minimum absolute atomic E-state index is 0.0393. The van der Waals surface area contributed by atoms with Gasteiger partial charge in [0.05, 0.1) is 17.5 Å². The molecular formula is C15H21ClN4OS. The third-order valence-corrected chi connectivity index (χ3v) is 5.31. The number of nitrogens with one attached hydrogen (secondary N) is 1. The molecule has 1 N–H and O–H groups in total. The van der Waals surface area contributed by atoms with Crippen molar-refractivity contribution in [3.05, 3.63) is 21.7 Å². The summed E-state index contributed by atoms with van der Waals surface area (Å²) in [5.74, 6) is 1.36. The molecule has 22 heavy (non-hydrogen) atoms. The van der Waals surface area contributed by atoms with E-state index in [1.165, 1.54) is 19.3 Å². The number of alkyl halides is 1. The van der Waals surface area contributed by atoms with E-state index in [9.17, 15) is 4.79 Å². The maximum atomic E-state index is 12.6. The van der Waals surface area contributed by atoms with Gasteiger partial charge in [0, 0.05) is 13.6 Å². The van der Waals surface area contributed by atoms with Crippen LogP contribution in [0.1, 0.15) is 56.0 Å². The van der Waals surface area contributed by atoms with Gasteiger partial charge in [-0.2, -0.15) is 0 Å². The average Bonchev–Trinajstić information content (AvgIpc) is 2.63. The number of fused-ring (bicyclic) bond motifs is 3. The van der Waals surface area contributed by atoms with E-state index in [1.807, 2.05) is 11.9 Å². The molecule has 1 fully saturated rings. The minimum Gasteiger partial charge on any atom is -0.341 e. The highest BCUT2D eigenvalue weighted by Gasteiger charge is 2.36. The Hall–Kier alpha value is -1.14. The highest BCUT2D eigenvalue weighted by atomic mass is 35.5. The van der Waals surface area contributed by atoms with Gasteiger partial charge in [-0.15, -0.1) is 11.6 Å². The lowest BCUT2D eigenvalue weighted by molar-refractivity contribution is 0.289. The van der Waals surface area contributed by atoms with Gasteiger partial charge in [-0.1, -0.05) is 25.7 Å². The smallest absolute Gasteiger partial charge is 0.258 e. The first-order valence-electron chi connectivity index (χ1n) is 7.87. The fraction of sp³-hybridized carbons (Fsp3) is 0.667. The monoisotopic (exact) mass is 340 g/mol. The maximum Gasteiger partial charge on any atom is 0.258 e. The van der Waals surface area contributed by atoms with Crippen LogP contribution in [-0.2, 0) is 5.88 Å². The molecule has 5 nitrogen and oxygen atoms in total. The van der Waals surface area contributed by atoms with Gasteiger partial charge in [0.1, 0.15) is 11.6 Å². The number of H-pyrrole nitrogens is 1. The zero-order valence-electron chi connectivity index (χ0n) is 12.8. The van der Waals surface area contributed by atoms with Crippen molar-refractivity contribution in [1.82, 2.24) is 14.9 Å². The number of aromatic nitrogens is 2. The Labute approximate surface area is 140 Å². The molecule has 3 heterocycles. The average molecular weight is 341 g/mol. The summed E-state index contributed by atoms with van der Waals surface area (Å²) in [4.78, 5) is 24.0. The molecule has 7 heteroatoms. The molecule has 0 amide bonds. The van der Waals surface area contributed by atoms with E-state index >= 15 is 0 Å². The van der Waals surface area contributed by atoms with Gasteiger partial charge >= 0.3 is 0 Å². The van der Waals surface area contributed by atoms with Crippen LogP contribution in [0.4, 0.5) is 5.82 Å². The van der Waals surface area contributed by atoms with Crippen LogP contribution in [0.5, 0.6) is 0 Å². The quantitative estimate of drug-likeness (QED) is 0.629. The van der Waals surface area contributed by atoms with E-state index in [-0.39, 0.29) is 17.5 Å². The van der Waals surface area contributed by atoms with E-state index in [0.29, 0.717) is 11.6 Å². The standard InChI is InChI=1S/C15H21ClN4OS/c1-19-13-12(14(21)18-11(9-16)17-13)10-7-5-3-2-4-6-8-20(10)15(19)22/h10H,2-9H2,1H3,(H,17,18,21). The van der Waals surface area contributed by atoms with Crippen molar-refractivity contribution in [3.8, 4) is 0 Å². The molecule has 2 aliphatic rings. The fourth-order valence-corrected chi connectivity index (χ4v) is 3.84. The lowest BCUT2D eigenvalue weighted by atomic mass is 9.98. The van der Waals surface area contributed by atoms with Gasteiger partial charge in [0.25, 0.3) is 5.56 Å². The highest BCUT2D eigenvalue weighted by molar-refractivity contribution is 7.80. The number of nitrogens with zero attached hydrogens (tertiary/aromatic N) is 3. The van der Waals surface area contributed by atoms with Crippen molar-refractivity contribution in [2.45, 2.75) is 50.4 Å². The number of thiocarbonyl (C=S) groups is 1. The first-order chi connectivity index (χ1) is 10.6. The van der Waals surface area contributed by atoms with Crippen LogP contribution in [0.3, 0.4) is 0 Å². The van der Waals surface area contributed by atoms with Gasteiger partial charge in [-0.05, 0) is 25.1 Å². The third-order valence-electron chi connectivity index (χ3n) is 4.55. The molecule has 1 aromatic heterocycles. The summed E-state index contributed by atoms with van der Waals surface area (Å²) >= 11 is 11.5. The Morgan fingerprint density at radius 3 is 2.82 bits per heavy atom. The van der Waals surface area contributed by atoms with Crippen LogP contribution in [-0.4, -0.2) is 33.6 Å². The topological polar surface area (TPSA) is 52.2 Å². The van der Waals surface area contributed by atoms with Gasteiger partial charge in [0.15, 0.2) is 5.11 Å². The molecule has 0 saturated carbocycles. The summed E-state index contributed by atoms with van der Waals surface area (Å²) in [5.41, 5.74) is 0.663. The van der Waals surface area contributed by atoms with Crippen LogP contribution in [0.25, 0.3) is 0 Å². The van der Waals surface area contributed by atoms with Crippen LogP contribution in [0, 0.1) is 0 Å². The van der Waals surface area contributed by atoms with Crippen LogP contribution in [0.15, 0.2) is 4.79 Å². The number of halogens is 1. The van der Waals surface area contributed by atoms with Crippen molar-refractivity contribution in [1.29, 1.82) is 0 Å². The normalized spacial score (nSPS) is 22.5. The van der Waals surface area contributed by atoms with Crippen molar-refractivity contribution < 1.29 is 0 Å². The van der Waals surface area contributed by atoms with E-state index in [4.69, 9.17) is 23.8 Å². The first kappa shape index (κ1) is 15.7. The van der Waals surface area contributed by atoms with Crippen LogP contribution >= 0.6 is 23.8 Å². The molecule has 1 unspecified atom stereocenters. The zero-order valence-corrected chi connectivity index (χ0v) is 14.3. The Morgan fingerprint density at radius 1 is 1.32 bits per heavy atom. The van der Waals surface area contributed by atoms with Gasteiger partial charge < -0.3 is 14.8 Å². The molecular weight excluding hydrogens is 320 g/mol. The van der Waals surface area contributed by atoms with E-state index < -0.39 is 0 Å². The van der Waals surface area contributed by atoms with Crippen molar-refractivity contribution in [2.75, 3.05) is 18.5 Å². The Morgan fingerprint density at radius 2 is 2.05 bits per heavy atom. The molecule has 1 aromatic rings. The summed E-state index contributed by atoms with van der Waals surface area (Å²) in [5, 5.41) is 0.762. The zero-order chi connectivity index (χ0) is 15.7. The minimum atomic E-state index is -0.0794. The number of aromatic amines is 1. The molecule has 2 aliphatic heterocycles.